The van der Waals surface area contributed by atoms with Gasteiger partial charge in [-0.15, -0.1) is 0 Å². The molecule has 1 N–H and O–H groups in total. The summed E-state index contributed by atoms with van der Waals surface area (Å²) < 4.78 is 65.6. The molecule has 1 aliphatic heterocycles. The van der Waals surface area contributed by atoms with E-state index in [2.05, 4.69) is 17.9 Å². The molecule has 0 radical (unpaired) electrons. The molecule has 3 atom stereocenters. The first-order valence-electron chi connectivity index (χ1n) is 8.40. The maximum absolute atomic E-state index is 13.9. The first-order chi connectivity index (χ1) is 13.1. The third kappa shape index (κ3) is 4.00. The SMILES string of the molecule is CN1C[C@H](c2ccc(C(F)(F)F)cc2)[C@@H](C(=O)Nc2cccc(F)c2F)[C@@H]1S. The molecule has 1 fully saturated rings. The fourth-order valence-corrected chi connectivity index (χ4v) is 3.82. The highest BCUT2D eigenvalue weighted by Gasteiger charge is 2.43. The van der Waals surface area contributed by atoms with E-state index in [1.54, 1.807) is 11.9 Å². The Bertz CT molecular complexity index is 872. The standard InChI is InChI=1S/C19H17F5N2OS/c1-26-9-12(10-5-7-11(8-6-10)19(22,23)24)15(18(26)28)17(27)25-14-4-2-3-13(20)16(14)21/h2-8,12,15,18,28H,9H2,1H3,(H,25,27)/t12-,15+,18+/m1/s1. The summed E-state index contributed by atoms with van der Waals surface area (Å²) in [6.45, 7) is 0.378. The van der Waals surface area contributed by atoms with Crippen LogP contribution in [0, 0.1) is 17.6 Å². The number of hydrogen-bond acceptors (Lipinski definition) is 3. The Labute approximate surface area is 163 Å². The van der Waals surface area contributed by atoms with Gasteiger partial charge in [0.2, 0.25) is 5.91 Å². The molecule has 0 unspecified atom stereocenters. The van der Waals surface area contributed by atoms with E-state index >= 15 is 0 Å². The second kappa shape index (κ2) is 7.71. The highest BCUT2D eigenvalue weighted by molar-refractivity contribution is 7.80. The Morgan fingerprint density at radius 2 is 1.79 bits per heavy atom. The van der Waals surface area contributed by atoms with Crippen molar-refractivity contribution in [2.24, 2.45) is 5.92 Å². The van der Waals surface area contributed by atoms with Gasteiger partial charge in [-0.25, -0.2) is 8.78 Å². The Hall–Kier alpha value is -2.13. The van der Waals surface area contributed by atoms with Gasteiger partial charge in [0.25, 0.3) is 0 Å². The molecule has 1 aliphatic rings. The van der Waals surface area contributed by atoms with Crippen LogP contribution >= 0.6 is 12.6 Å². The predicted molar refractivity (Wildman–Crippen MR) is 98.1 cm³/mol. The number of likely N-dealkylation sites (tertiary alicyclic amines) is 1. The number of likely N-dealkylation sites (N-methyl/N-ethyl adjacent to an activating group) is 1. The summed E-state index contributed by atoms with van der Waals surface area (Å²) in [5.41, 5.74) is -0.546. The summed E-state index contributed by atoms with van der Waals surface area (Å²) in [6.07, 6.45) is -4.46. The van der Waals surface area contributed by atoms with Gasteiger partial charge >= 0.3 is 6.18 Å². The topological polar surface area (TPSA) is 32.3 Å². The Kier molecular flexibility index (Phi) is 5.67. The van der Waals surface area contributed by atoms with E-state index in [4.69, 9.17) is 0 Å². The first kappa shape index (κ1) is 20.6. The minimum absolute atomic E-state index is 0.300. The third-order valence-corrected chi connectivity index (χ3v) is 5.58. The molecule has 2 aromatic rings. The minimum Gasteiger partial charge on any atom is -0.323 e. The van der Waals surface area contributed by atoms with Gasteiger partial charge in [-0.3, -0.25) is 9.69 Å². The number of hydrogen-bond donors (Lipinski definition) is 2. The minimum atomic E-state index is -4.46. The van der Waals surface area contributed by atoms with Crippen LogP contribution in [0.1, 0.15) is 17.0 Å². The van der Waals surface area contributed by atoms with Crippen molar-refractivity contribution in [2.45, 2.75) is 17.5 Å². The number of carbonyl (C=O) groups excluding carboxylic acids is 1. The zero-order valence-corrected chi connectivity index (χ0v) is 15.6. The van der Waals surface area contributed by atoms with Gasteiger partial charge in [-0.1, -0.05) is 18.2 Å². The fourth-order valence-electron chi connectivity index (χ4n) is 3.38. The number of rotatable bonds is 3. The predicted octanol–water partition coefficient (Wildman–Crippen LogP) is 4.52. The molecule has 0 aliphatic carbocycles. The second-order valence-corrected chi connectivity index (χ2v) is 7.22. The fraction of sp³-hybridized carbons (Fsp3) is 0.316. The smallest absolute Gasteiger partial charge is 0.323 e. The van der Waals surface area contributed by atoms with E-state index in [-0.39, 0.29) is 5.69 Å². The zero-order valence-electron chi connectivity index (χ0n) is 14.7. The first-order valence-corrected chi connectivity index (χ1v) is 8.91. The van der Waals surface area contributed by atoms with Crippen molar-refractivity contribution in [3.63, 3.8) is 0 Å². The molecule has 1 amide bonds. The van der Waals surface area contributed by atoms with Crippen LogP contribution in [0.5, 0.6) is 0 Å². The number of nitrogens with zero attached hydrogens (tertiary/aromatic N) is 1. The van der Waals surface area contributed by atoms with Gasteiger partial charge in [0.05, 0.1) is 22.5 Å². The maximum atomic E-state index is 13.9. The molecule has 0 bridgehead atoms. The van der Waals surface area contributed by atoms with Crippen molar-refractivity contribution in [1.29, 1.82) is 0 Å². The normalized spacial score (nSPS) is 23.0. The average molecular weight is 416 g/mol. The van der Waals surface area contributed by atoms with Crippen molar-refractivity contribution >= 4 is 24.2 Å². The van der Waals surface area contributed by atoms with Crippen LogP contribution < -0.4 is 5.32 Å². The zero-order chi connectivity index (χ0) is 20.6. The summed E-state index contributed by atoms with van der Waals surface area (Å²) in [5, 5.41) is 1.83. The Morgan fingerprint density at radius 3 is 2.39 bits per heavy atom. The van der Waals surface area contributed by atoms with Gasteiger partial charge < -0.3 is 5.32 Å². The van der Waals surface area contributed by atoms with Crippen molar-refractivity contribution in [2.75, 3.05) is 18.9 Å². The number of alkyl halides is 3. The monoisotopic (exact) mass is 416 g/mol. The van der Waals surface area contributed by atoms with E-state index in [1.165, 1.54) is 24.3 Å². The molecule has 3 nitrogen and oxygen atoms in total. The highest BCUT2D eigenvalue weighted by atomic mass is 32.1. The molecular weight excluding hydrogens is 399 g/mol. The molecule has 1 saturated heterocycles. The van der Waals surface area contributed by atoms with Gasteiger partial charge in [0.15, 0.2) is 11.6 Å². The average Bonchev–Trinajstić information content (AvgIpc) is 2.93. The maximum Gasteiger partial charge on any atom is 0.416 e. The van der Waals surface area contributed by atoms with Crippen molar-refractivity contribution in [3.05, 3.63) is 65.2 Å². The van der Waals surface area contributed by atoms with E-state index in [0.717, 1.165) is 18.2 Å². The number of carbonyl (C=O) groups is 1. The van der Waals surface area contributed by atoms with Gasteiger partial charge in [0.1, 0.15) is 0 Å². The highest BCUT2D eigenvalue weighted by Crippen LogP contribution is 2.40. The summed E-state index contributed by atoms with van der Waals surface area (Å²) in [5.74, 6) is -4.08. The van der Waals surface area contributed by atoms with Crippen LogP contribution in [0.25, 0.3) is 0 Å². The number of thiol groups is 1. The molecule has 1 heterocycles. The summed E-state index contributed by atoms with van der Waals surface area (Å²) in [6, 6.07) is 8.01. The van der Waals surface area contributed by atoms with Crippen LogP contribution in [-0.2, 0) is 11.0 Å². The quantitative estimate of drug-likeness (QED) is 0.570. The van der Waals surface area contributed by atoms with Gasteiger partial charge in [-0.05, 0) is 36.9 Å². The number of halogens is 5. The van der Waals surface area contributed by atoms with Crippen molar-refractivity contribution < 1.29 is 26.7 Å². The van der Waals surface area contributed by atoms with Crippen LogP contribution in [-0.4, -0.2) is 29.8 Å². The number of benzene rings is 2. The van der Waals surface area contributed by atoms with Crippen molar-refractivity contribution in [3.8, 4) is 0 Å². The molecule has 3 rings (SSSR count). The third-order valence-electron chi connectivity index (χ3n) is 4.87. The molecular formula is C19H17F5N2OS. The van der Waals surface area contributed by atoms with Gasteiger partial charge in [-0.2, -0.15) is 25.8 Å². The number of nitrogens with one attached hydrogen (secondary N) is 1. The van der Waals surface area contributed by atoms with E-state index in [9.17, 15) is 26.7 Å². The lowest BCUT2D eigenvalue weighted by atomic mass is 9.87. The van der Waals surface area contributed by atoms with Crippen LogP contribution in [0.3, 0.4) is 0 Å². The summed E-state index contributed by atoms with van der Waals surface area (Å²) in [4.78, 5) is 14.6. The van der Waals surface area contributed by atoms with Crippen LogP contribution in [0.15, 0.2) is 42.5 Å². The molecule has 28 heavy (non-hydrogen) atoms. The van der Waals surface area contributed by atoms with E-state index in [1.807, 2.05) is 0 Å². The van der Waals surface area contributed by atoms with Crippen molar-refractivity contribution in [1.82, 2.24) is 4.90 Å². The molecule has 0 saturated carbocycles. The molecule has 2 aromatic carbocycles. The van der Waals surface area contributed by atoms with E-state index in [0.29, 0.717) is 12.1 Å². The van der Waals surface area contributed by atoms with E-state index < -0.39 is 46.5 Å². The number of anilines is 1. The molecule has 150 valence electrons. The largest absolute Gasteiger partial charge is 0.416 e. The van der Waals surface area contributed by atoms with Crippen LogP contribution in [0.4, 0.5) is 27.6 Å². The Balaban J connectivity index is 1.87. The number of amides is 1. The van der Waals surface area contributed by atoms with Gasteiger partial charge in [0, 0.05) is 12.5 Å². The molecule has 9 heteroatoms. The summed E-state index contributed by atoms with van der Waals surface area (Å²) >= 11 is 4.43. The Morgan fingerprint density at radius 1 is 1.14 bits per heavy atom. The van der Waals surface area contributed by atoms with Crippen LogP contribution in [0.2, 0.25) is 0 Å². The summed E-state index contributed by atoms with van der Waals surface area (Å²) in [7, 11) is 1.73. The lowest BCUT2D eigenvalue weighted by Crippen LogP contribution is -2.33. The molecule has 0 aromatic heterocycles. The lowest BCUT2D eigenvalue weighted by molar-refractivity contribution is -0.137. The lowest BCUT2D eigenvalue weighted by Gasteiger charge is -2.22. The molecule has 0 spiro atoms. The second-order valence-electron chi connectivity index (χ2n) is 6.70.